The van der Waals surface area contributed by atoms with Crippen LogP contribution in [0.2, 0.25) is 0 Å². The average molecular weight is 338 g/mol. The smallest absolute Gasteiger partial charge is 0.418 e. The molecule has 1 aromatic rings. The topological polar surface area (TPSA) is 42.4 Å². The molecule has 0 unspecified atom stereocenters. The summed E-state index contributed by atoms with van der Waals surface area (Å²) in [5.74, 6) is -3.85. The summed E-state index contributed by atoms with van der Waals surface area (Å²) in [6, 6.07) is 0. The Kier molecular flexibility index (Phi) is 4.50. The summed E-state index contributed by atoms with van der Waals surface area (Å²) in [4.78, 5) is 17.0. The minimum absolute atomic E-state index is 0.0575. The highest BCUT2D eigenvalue weighted by atomic mass is 19.4. The molecular formula is C14H15F5N2O2. The molecule has 128 valence electrons. The predicted molar refractivity (Wildman–Crippen MR) is 71.7 cm³/mol. The van der Waals surface area contributed by atoms with Crippen molar-refractivity contribution in [3.8, 4) is 0 Å². The molecule has 9 heteroatoms. The predicted octanol–water partition coefficient (Wildman–Crippen LogP) is 3.43. The van der Waals surface area contributed by atoms with Gasteiger partial charge >= 0.3 is 12.1 Å². The lowest BCUT2D eigenvalue weighted by atomic mass is 10.0. The fourth-order valence-electron chi connectivity index (χ4n) is 2.51. The summed E-state index contributed by atoms with van der Waals surface area (Å²) < 4.78 is 69.9. The Morgan fingerprint density at radius 1 is 1.30 bits per heavy atom. The molecule has 2 heterocycles. The molecule has 2 rings (SSSR count). The molecular weight excluding hydrogens is 323 g/mol. The van der Waals surface area contributed by atoms with Gasteiger partial charge in [-0.3, -0.25) is 0 Å². The number of esters is 1. The molecule has 1 saturated heterocycles. The molecule has 23 heavy (non-hydrogen) atoms. The normalized spacial score (nSPS) is 18.0. The second-order valence-corrected chi connectivity index (χ2v) is 5.33. The number of carbonyl (C=O) groups excluding carboxylic acids is 1. The van der Waals surface area contributed by atoms with Crippen LogP contribution in [0.1, 0.15) is 34.3 Å². The van der Waals surface area contributed by atoms with Gasteiger partial charge in [0, 0.05) is 32.1 Å². The van der Waals surface area contributed by atoms with Gasteiger partial charge in [0.2, 0.25) is 0 Å². The first-order valence-corrected chi connectivity index (χ1v) is 6.85. The number of aromatic nitrogens is 1. The number of anilines is 1. The van der Waals surface area contributed by atoms with Crippen molar-refractivity contribution in [3.63, 3.8) is 0 Å². The zero-order valence-electron chi connectivity index (χ0n) is 12.5. The maximum Gasteiger partial charge on any atom is 0.418 e. The van der Waals surface area contributed by atoms with Gasteiger partial charge in [0.15, 0.2) is 0 Å². The Morgan fingerprint density at radius 2 is 1.87 bits per heavy atom. The van der Waals surface area contributed by atoms with Gasteiger partial charge in [0.05, 0.1) is 12.7 Å². The molecule has 1 fully saturated rings. The molecule has 0 saturated carbocycles. The Morgan fingerprint density at radius 3 is 2.35 bits per heavy atom. The third kappa shape index (κ3) is 3.53. The van der Waals surface area contributed by atoms with Gasteiger partial charge in [0.25, 0.3) is 5.92 Å². The van der Waals surface area contributed by atoms with Crippen LogP contribution in [0.5, 0.6) is 0 Å². The highest BCUT2D eigenvalue weighted by Crippen LogP contribution is 2.37. The summed E-state index contributed by atoms with van der Waals surface area (Å²) in [5, 5.41) is 0. The summed E-state index contributed by atoms with van der Waals surface area (Å²) in [6.07, 6.45) is -4.96. The molecule has 0 aromatic carbocycles. The first kappa shape index (κ1) is 17.4. The van der Waals surface area contributed by atoms with Gasteiger partial charge in [-0.25, -0.2) is 18.6 Å². The third-order valence-corrected chi connectivity index (χ3v) is 3.81. The molecule has 1 aromatic heterocycles. The van der Waals surface area contributed by atoms with Crippen LogP contribution in [-0.2, 0) is 10.9 Å². The van der Waals surface area contributed by atoms with E-state index in [1.807, 2.05) is 0 Å². The minimum Gasteiger partial charge on any atom is -0.465 e. The van der Waals surface area contributed by atoms with E-state index in [0.717, 1.165) is 14.0 Å². The first-order chi connectivity index (χ1) is 10.6. The number of hydrogen-bond acceptors (Lipinski definition) is 4. The van der Waals surface area contributed by atoms with E-state index in [1.54, 1.807) is 0 Å². The first-order valence-electron chi connectivity index (χ1n) is 6.85. The van der Waals surface area contributed by atoms with Gasteiger partial charge in [0.1, 0.15) is 11.4 Å². The molecule has 0 aliphatic carbocycles. The number of nitrogens with zero attached hydrogens (tertiary/aromatic N) is 2. The van der Waals surface area contributed by atoms with Crippen LogP contribution >= 0.6 is 0 Å². The summed E-state index contributed by atoms with van der Waals surface area (Å²) in [5.41, 5.74) is -1.72. The van der Waals surface area contributed by atoms with Gasteiger partial charge in [-0.1, -0.05) is 0 Å². The van der Waals surface area contributed by atoms with Crippen molar-refractivity contribution in [3.05, 3.63) is 22.9 Å². The molecule has 0 amide bonds. The van der Waals surface area contributed by atoms with E-state index in [2.05, 4.69) is 9.72 Å². The van der Waals surface area contributed by atoms with E-state index in [9.17, 15) is 26.7 Å². The summed E-state index contributed by atoms with van der Waals surface area (Å²) in [7, 11) is 1.04. The largest absolute Gasteiger partial charge is 0.465 e. The molecule has 0 spiro atoms. The minimum atomic E-state index is -4.67. The Bertz CT molecular complexity index is 606. The monoisotopic (exact) mass is 338 g/mol. The van der Waals surface area contributed by atoms with Crippen LogP contribution < -0.4 is 4.90 Å². The zero-order valence-corrected chi connectivity index (χ0v) is 12.5. The average Bonchev–Trinajstić information content (AvgIpc) is 2.45. The van der Waals surface area contributed by atoms with E-state index in [4.69, 9.17) is 0 Å². The number of pyridine rings is 1. The van der Waals surface area contributed by atoms with Gasteiger partial charge in [-0.2, -0.15) is 13.2 Å². The van der Waals surface area contributed by atoms with E-state index in [-0.39, 0.29) is 30.0 Å². The second kappa shape index (κ2) is 5.93. The second-order valence-electron chi connectivity index (χ2n) is 5.33. The van der Waals surface area contributed by atoms with Crippen LogP contribution in [-0.4, -0.2) is 37.1 Å². The van der Waals surface area contributed by atoms with Gasteiger partial charge < -0.3 is 9.64 Å². The SMILES string of the molecule is COC(=O)c1c(N2CCC(F)(F)CC2)ncc(C(F)(F)F)c1C. The Balaban J connectivity index is 2.48. The highest BCUT2D eigenvalue weighted by molar-refractivity contribution is 5.96. The molecule has 0 radical (unpaired) electrons. The summed E-state index contributed by atoms with van der Waals surface area (Å²) in [6.45, 7) is 0.933. The molecule has 4 nitrogen and oxygen atoms in total. The lowest BCUT2D eigenvalue weighted by Crippen LogP contribution is -2.40. The number of rotatable bonds is 2. The Hall–Kier alpha value is -1.93. The van der Waals surface area contributed by atoms with Crippen LogP contribution in [0.3, 0.4) is 0 Å². The maximum atomic E-state index is 13.2. The lowest BCUT2D eigenvalue weighted by Gasteiger charge is -2.33. The van der Waals surface area contributed by atoms with E-state index < -0.39 is 36.5 Å². The van der Waals surface area contributed by atoms with E-state index in [0.29, 0.717) is 6.20 Å². The third-order valence-electron chi connectivity index (χ3n) is 3.81. The number of methoxy groups -OCH3 is 1. The zero-order chi connectivity index (χ0) is 17.4. The molecule has 0 N–H and O–H groups in total. The van der Waals surface area contributed by atoms with Gasteiger partial charge in [-0.15, -0.1) is 0 Å². The number of ether oxygens (including phenoxy) is 1. The van der Waals surface area contributed by atoms with Crippen molar-refractivity contribution in [2.45, 2.75) is 31.9 Å². The summed E-state index contributed by atoms with van der Waals surface area (Å²) >= 11 is 0. The lowest BCUT2D eigenvalue weighted by molar-refractivity contribution is -0.138. The Labute approximate surface area is 129 Å². The standard InChI is InChI=1S/C14H15F5N2O2/c1-8-9(14(17,18)19)7-20-11(10(8)12(22)23-2)21-5-3-13(15,16)4-6-21/h7H,3-6H2,1-2H3. The number of carbonyl (C=O) groups is 1. The maximum absolute atomic E-state index is 13.2. The number of hydrogen-bond donors (Lipinski definition) is 0. The van der Waals surface area contributed by atoms with Crippen molar-refractivity contribution < 1.29 is 31.5 Å². The van der Waals surface area contributed by atoms with Crippen molar-refractivity contribution in [1.29, 1.82) is 0 Å². The van der Waals surface area contributed by atoms with Crippen molar-refractivity contribution in [2.75, 3.05) is 25.1 Å². The fourth-order valence-corrected chi connectivity index (χ4v) is 2.51. The van der Waals surface area contributed by atoms with Gasteiger partial charge in [-0.05, 0) is 12.5 Å². The van der Waals surface area contributed by atoms with Crippen LogP contribution in [0.15, 0.2) is 6.20 Å². The molecule has 0 bridgehead atoms. The van der Waals surface area contributed by atoms with E-state index in [1.165, 1.54) is 4.90 Å². The van der Waals surface area contributed by atoms with Crippen LogP contribution in [0.4, 0.5) is 27.8 Å². The molecule has 1 aliphatic rings. The van der Waals surface area contributed by atoms with Crippen molar-refractivity contribution in [2.24, 2.45) is 0 Å². The van der Waals surface area contributed by atoms with E-state index >= 15 is 0 Å². The van der Waals surface area contributed by atoms with Crippen molar-refractivity contribution in [1.82, 2.24) is 4.98 Å². The number of alkyl halides is 5. The molecule has 0 atom stereocenters. The number of piperidine rings is 1. The highest BCUT2D eigenvalue weighted by Gasteiger charge is 2.39. The van der Waals surface area contributed by atoms with Crippen LogP contribution in [0, 0.1) is 6.92 Å². The number of halogens is 5. The molecule has 1 aliphatic heterocycles. The van der Waals surface area contributed by atoms with Crippen molar-refractivity contribution >= 4 is 11.8 Å². The fraction of sp³-hybridized carbons (Fsp3) is 0.571. The van der Waals surface area contributed by atoms with Crippen LogP contribution in [0.25, 0.3) is 0 Å². The quantitative estimate of drug-likeness (QED) is 0.612.